The zero-order valence-electron chi connectivity index (χ0n) is 8.18. The minimum absolute atomic E-state index is 0.0274. The Morgan fingerprint density at radius 3 is 2.71 bits per heavy atom. The van der Waals surface area contributed by atoms with Crippen LogP contribution in [0.4, 0.5) is 5.69 Å². The highest BCUT2D eigenvalue weighted by Gasteiger charge is 2.18. The van der Waals surface area contributed by atoms with Crippen LogP contribution in [0.1, 0.15) is 10.4 Å². The van der Waals surface area contributed by atoms with E-state index in [0.29, 0.717) is 6.29 Å². The molecule has 0 fully saturated rings. The standard InChI is InChI=1S/C10H4ClNO5/c11-6-1-7-9(14)5(3-13)4-17-10(7)8(2-6)12(15)16/h1-4H. The average molecular weight is 254 g/mol. The second kappa shape index (κ2) is 3.99. The molecule has 1 aromatic carbocycles. The van der Waals surface area contributed by atoms with Crippen molar-refractivity contribution < 1.29 is 14.1 Å². The highest BCUT2D eigenvalue weighted by Crippen LogP contribution is 2.27. The van der Waals surface area contributed by atoms with Crippen LogP contribution in [0.15, 0.2) is 27.6 Å². The molecule has 2 aromatic rings. The van der Waals surface area contributed by atoms with Gasteiger partial charge in [-0.15, -0.1) is 0 Å². The minimum atomic E-state index is -0.711. The molecule has 0 atom stereocenters. The van der Waals surface area contributed by atoms with Crippen LogP contribution >= 0.6 is 11.6 Å². The van der Waals surface area contributed by atoms with Crippen LogP contribution in [-0.2, 0) is 0 Å². The molecule has 0 unspecified atom stereocenters. The highest BCUT2D eigenvalue weighted by atomic mass is 35.5. The first-order valence-corrected chi connectivity index (χ1v) is 4.77. The van der Waals surface area contributed by atoms with Crippen molar-refractivity contribution in [2.45, 2.75) is 0 Å². The number of hydrogen-bond acceptors (Lipinski definition) is 5. The molecule has 17 heavy (non-hydrogen) atoms. The molecule has 7 heteroatoms. The fraction of sp³-hybridized carbons (Fsp3) is 0. The molecule has 2 rings (SSSR count). The first-order valence-electron chi connectivity index (χ1n) is 4.39. The lowest BCUT2D eigenvalue weighted by Crippen LogP contribution is -2.08. The number of hydrogen-bond donors (Lipinski definition) is 0. The molecule has 1 heterocycles. The molecule has 0 aliphatic heterocycles. The van der Waals surface area contributed by atoms with Crippen molar-refractivity contribution in [1.29, 1.82) is 0 Å². The van der Waals surface area contributed by atoms with E-state index in [1.807, 2.05) is 0 Å². The predicted octanol–water partition coefficient (Wildman–Crippen LogP) is 2.17. The molecular formula is C10H4ClNO5. The monoisotopic (exact) mass is 253 g/mol. The summed E-state index contributed by atoms with van der Waals surface area (Å²) in [6, 6.07) is 2.30. The van der Waals surface area contributed by atoms with Crippen LogP contribution in [0.3, 0.4) is 0 Å². The van der Waals surface area contributed by atoms with Gasteiger partial charge < -0.3 is 4.42 Å². The summed E-state index contributed by atoms with van der Waals surface area (Å²) in [6.45, 7) is 0. The Bertz CT molecular complexity index is 691. The molecule has 0 spiro atoms. The molecule has 0 saturated heterocycles. The van der Waals surface area contributed by atoms with E-state index in [4.69, 9.17) is 16.0 Å². The van der Waals surface area contributed by atoms with Gasteiger partial charge in [0.15, 0.2) is 6.29 Å². The highest BCUT2D eigenvalue weighted by molar-refractivity contribution is 6.31. The van der Waals surface area contributed by atoms with Crippen LogP contribution in [-0.4, -0.2) is 11.2 Å². The number of non-ortho nitro benzene ring substituents is 1. The van der Waals surface area contributed by atoms with Gasteiger partial charge in [0.1, 0.15) is 6.26 Å². The number of carbonyl (C=O) groups is 1. The molecule has 86 valence electrons. The van der Waals surface area contributed by atoms with Gasteiger partial charge in [0.2, 0.25) is 11.0 Å². The second-order valence-corrected chi connectivity index (χ2v) is 3.63. The molecule has 0 aliphatic carbocycles. The van der Waals surface area contributed by atoms with Crippen molar-refractivity contribution in [1.82, 2.24) is 0 Å². The molecule has 6 nitrogen and oxygen atoms in total. The van der Waals surface area contributed by atoms with E-state index in [1.54, 1.807) is 0 Å². The van der Waals surface area contributed by atoms with Crippen molar-refractivity contribution in [3.8, 4) is 0 Å². The maximum Gasteiger partial charge on any atom is 0.313 e. The number of nitrogens with zero attached hydrogens (tertiary/aromatic N) is 1. The lowest BCUT2D eigenvalue weighted by Gasteiger charge is -1.99. The normalized spacial score (nSPS) is 10.4. The summed E-state index contributed by atoms with van der Waals surface area (Å²) in [5.41, 5.74) is -1.47. The van der Waals surface area contributed by atoms with E-state index in [2.05, 4.69) is 0 Å². The Labute approximate surface area is 98.6 Å². The summed E-state index contributed by atoms with van der Waals surface area (Å²) in [4.78, 5) is 32.3. The summed E-state index contributed by atoms with van der Waals surface area (Å²) >= 11 is 5.66. The average Bonchev–Trinajstić information content (AvgIpc) is 2.29. The first-order chi connectivity index (χ1) is 8.04. The van der Waals surface area contributed by atoms with Gasteiger partial charge in [0.25, 0.3) is 0 Å². The fourth-order valence-electron chi connectivity index (χ4n) is 1.42. The van der Waals surface area contributed by atoms with E-state index in [-0.39, 0.29) is 21.6 Å². The van der Waals surface area contributed by atoms with Gasteiger partial charge in [-0.2, -0.15) is 0 Å². The van der Waals surface area contributed by atoms with Crippen LogP contribution in [0.2, 0.25) is 5.02 Å². The molecule has 0 N–H and O–H groups in total. The van der Waals surface area contributed by atoms with Gasteiger partial charge >= 0.3 is 5.69 Å². The van der Waals surface area contributed by atoms with Crippen LogP contribution in [0.25, 0.3) is 11.0 Å². The first kappa shape index (κ1) is 11.3. The van der Waals surface area contributed by atoms with Crippen molar-refractivity contribution in [2.24, 2.45) is 0 Å². The summed E-state index contributed by atoms with van der Waals surface area (Å²) in [6.07, 6.45) is 1.20. The lowest BCUT2D eigenvalue weighted by atomic mass is 10.1. The van der Waals surface area contributed by atoms with E-state index in [9.17, 15) is 19.7 Å². The Morgan fingerprint density at radius 1 is 1.41 bits per heavy atom. The number of fused-ring (bicyclic) bond motifs is 1. The molecule has 0 radical (unpaired) electrons. The van der Waals surface area contributed by atoms with Crippen molar-refractivity contribution in [2.75, 3.05) is 0 Å². The number of nitro groups is 1. The fourth-order valence-corrected chi connectivity index (χ4v) is 1.63. The van der Waals surface area contributed by atoms with E-state index >= 15 is 0 Å². The maximum atomic E-state index is 11.7. The second-order valence-electron chi connectivity index (χ2n) is 3.20. The van der Waals surface area contributed by atoms with Gasteiger partial charge in [-0.1, -0.05) is 11.6 Å². The quantitative estimate of drug-likeness (QED) is 0.465. The molecular weight excluding hydrogens is 250 g/mol. The summed E-state index contributed by atoms with van der Waals surface area (Å²) < 4.78 is 4.93. The van der Waals surface area contributed by atoms with Crippen LogP contribution in [0, 0.1) is 10.1 Å². The minimum Gasteiger partial charge on any atom is -0.456 e. The number of benzene rings is 1. The van der Waals surface area contributed by atoms with Crippen molar-refractivity contribution >= 4 is 34.5 Å². The molecule has 0 amide bonds. The lowest BCUT2D eigenvalue weighted by molar-refractivity contribution is -0.383. The Hall–Kier alpha value is -2.21. The molecule has 0 bridgehead atoms. The summed E-state index contributed by atoms with van der Waals surface area (Å²) in [5.74, 6) is 0. The van der Waals surface area contributed by atoms with Gasteiger partial charge in [0.05, 0.1) is 15.9 Å². The topological polar surface area (TPSA) is 90.4 Å². The van der Waals surface area contributed by atoms with Crippen LogP contribution < -0.4 is 5.43 Å². The number of halogens is 1. The predicted molar refractivity (Wildman–Crippen MR) is 59.5 cm³/mol. The molecule has 0 saturated carbocycles. The third-order valence-corrected chi connectivity index (χ3v) is 2.39. The Balaban J connectivity index is 2.99. The van der Waals surface area contributed by atoms with Gasteiger partial charge in [-0.25, -0.2) is 0 Å². The SMILES string of the molecule is O=Cc1coc2c([N+](=O)[O-])cc(Cl)cc2c1=O. The van der Waals surface area contributed by atoms with Crippen LogP contribution in [0.5, 0.6) is 0 Å². The number of nitro benzene ring substituents is 1. The van der Waals surface area contributed by atoms with Gasteiger partial charge in [-0.3, -0.25) is 19.7 Å². The zero-order valence-corrected chi connectivity index (χ0v) is 8.93. The van der Waals surface area contributed by atoms with E-state index in [0.717, 1.165) is 12.3 Å². The third-order valence-electron chi connectivity index (χ3n) is 2.17. The zero-order chi connectivity index (χ0) is 12.6. The third kappa shape index (κ3) is 1.78. The van der Waals surface area contributed by atoms with Crippen molar-refractivity contribution in [3.05, 3.63) is 49.3 Å². The molecule has 0 aliphatic rings. The smallest absolute Gasteiger partial charge is 0.313 e. The van der Waals surface area contributed by atoms with Gasteiger partial charge in [0, 0.05) is 11.1 Å². The summed E-state index contributed by atoms with van der Waals surface area (Å²) in [7, 11) is 0. The van der Waals surface area contributed by atoms with E-state index < -0.39 is 16.0 Å². The summed E-state index contributed by atoms with van der Waals surface area (Å²) in [5, 5.41) is 10.7. The Morgan fingerprint density at radius 2 is 2.12 bits per heavy atom. The van der Waals surface area contributed by atoms with Gasteiger partial charge in [-0.05, 0) is 6.07 Å². The van der Waals surface area contributed by atoms with Crippen molar-refractivity contribution in [3.63, 3.8) is 0 Å². The maximum absolute atomic E-state index is 11.7. The Kier molecular flexibility index (Phi) is 2.64. The largest absolute Gasteiger partial charge is 0.456 e. The van der Waals surface area contributed by atoms with E-state index in [1.165, 1.54) is 6.07 Å². The number of rotatable bonds is 2. The number of carbonyl (C=O) groups excluding carboxylic acids is 1. The number of aldehydes is 1. The molecule has 1 aromatic heterocycles.